The molecule has 1 unspecified atom stereocenters. The number of aliphatic hydroxyl groups is 1. The van der Waals surface area contributed by atoms with E-state index >= 15 is 0 Å². The number of hydrogen-bond donors (Lipinski definition) is 1. The third-order valence-electron chi connectivity index (χ3n) is 5.10. The highest BCUT2D eigenvalue weighted by Crippen LogP contribution is 2.44. The molecule has 1 fully saturated rings. The molecule has 8 heteroatoms. The van der Waals surface area contributed by atoms with Crippen molar-refractivity contribution in [1.29, 1.82) is 0 Å². The van der Waals surface area contributed by atoms with Crippen molar-refractivity contribution >= 4 is 34.5 Å². The molecule has 0 radical (unpaired) electrons. The average molecular weight is 453 g/mol. The monoisotopic (exact) mass is 453 g/mol. The third-order valence-corrected chi connectivity index (χ3v) is 6.02. The molecule has 0 aliphatic carbocycles. The largest absolute Gasteiger partial charge is 0.507 e. The van der Waals surface area contributed by atoms with E-state index in [0.29, 0.717) is 22.9 Å². The Hall–Kier alpha value is -3.65. The number of amides is 1. The van der Waals surface area contributed by atoms with Crippen molar-refractivity contribution in [2.45, 2.75) is 13.0 Å². The SMILES string of the molecule is CCOc1ccc(N2C(=O)C(=O)/C(=C(\O)c3cc(F)ccc3OC)C2c2cccs2)cc1. The first kappa shape index (κ1) is 21.6. The number of Topliss-reactive ketones (excluding diaryl/α,β-unsaturated/α-hetero) is 1. The van der Waals surface area contributed by atoms with Crippen molar-refractivity contribution in [3.63, 3.8) is 0 Å². The van der Waals surface area contributed by atoms with Gasteiger partial charge in [0.2, 0.25) is 0 Å². The molecule has 0 bridgehead atoms. The summed E-state index contributed by atoms with van der Waals surface area (Å²) in [7, 11) is 1.37. The van der Waals surface area contributed by atoms with E-state index in [0.717, 1.165) is 6.07 Å². The van der Waals surface area contributed by atoms with Crippen LogP contribution >= 0.6 is 11.3 Å². The number of halogens is 1. The second kappa shape index (κ2) is 8.84. The van der Waals surface area contributed by atoms with Crippen LogP contribution in [0.15, 0.2) is 65.6 Å². The summed E-state index contributed by atoms with van der Waals surface area (Å²) in [6, 6.07) is 13.1. The van der Waals surface area contributed by atoms with Gasteiger partial charge < -0.3 is 14.6 Å². The number of aliphatic hydroxyl groups excluding tert-OH is 1. The number of ether oxygens (including phenoxy) is 2. The number of methoxy groups -OCH3 is 1. The average Bonchev–Trinajstić information content (AvgIpc) is 3.41. The minimum atomic E-state index is -0.874. The van der Waals surface area contributed by atoms with E-state index in [4.69, 9.17) is 9.47 Å². The van der Waals surface area contributed by atoms with Gasteiger partial charge in [-0.05, 0) is 60.8 Å². The molecule has 164 valence electrons. The molecule has 1 N–H and O–H groups in total. The van der Waals surface area contributed by atoms with Gasteiger partial charge in [0.25, 0.3) is 11.7 Å². The lowest BCUT2D eigenvalue weighted by molar-refractivity contribution is -0.132. The molecule has 1 aliphatic rings. The lowest BCUT2D eigenvalue weighted by Gasteiger charge is -2.24. The fourth-order valence-corrected chi connectivity index (χ4v) is 4.52. The van der Waals surface area contributed by atoms with Crippen LogP contribution in [0.4, 0.5) is 10.1 Å². The first-order valence-electron chi connectivity index (χ1n) is 9.87. The van der Waals surface area contributed by atoms with Crippen LogP contribution in [0.25, 0.3) is 5.76 Å². The van der Waals surface area contributed by atoms with E-state index in [1.165, 1.54) is 35.5 Å². The maximum atomic E-state index is 14.0. The molecule has 1 atom stereocenters. The minimum absolute atomic E-state index is 0.00116. The first-order chi connectivity index (χ1) is 15.5. The van der Waals surface area contributed by atoms with E-state index in [1.807, 2.05) is 12.3 Å². The molecule has 0 spiro atoms. The predicted molar refractivity (Wildman–Crippen MR) is 120 cm³/mol. The molecular formula is C24H20FNO5S. The molecule has 1 aliphatic heterocycles. The quantitative estimate of drug-likeness (QED) is 0.326. The Balaban J connectivity index is 1.90. The van der Waals surface area contributed by atoms with E-state index in [1.54, 1.807) is 36.4 Å². The van der Waals surface area contributed by atoms with Gasteiger partial charge in [-0.1, -0.05) is 6.07 Å². The standard InChI is InChI=1S/C24H20FNO5S/c1-3-31-16-9-7-15(8-10-16)26-21(19-5-4-12-32-19)20(23(28)24(26)29)22(27)17-13-14(25)6-11-18(17)30-2/h4-13,21,27H,3H2,1-2H3/b22-20-. The van der Waals surface area contributed by atoms with Gasteiger partial charge in [0.15, 0.2) is 0 Å². The zero-order chi connectivity index (χ0) is 22.8. The van der Waals surface area contributed by atoms with Crippen LogP contribution in [0.5, 0.6) is 11.5 Å². The van der Waals surface area contributed by atoms with Gasteiger partial charge in [-0.2, -0.15) is 0 Å². The number of thiophene rings is 1. The van der Waals surface area contributed by atoms with Crippen LogP contribution in [0.1, 0.15) is 23.4 Å². The number of anilines is 1. The smallest absolute Gasteiger partial charge is 0.300 e. The Morgan fingerprint density at radius 3 is 2.53 bits per heavy atom. The highest BCUT2D eigenvalue weighted by Gasteiger charge is 2.47. The van der Waals surface area contributed by atoms with E-state index < -0.39 is 29.3 Å². The van der Waals surface area contributed by atoms with E-state index in [2.05, 4.69) is 0 Å². The summed E-state index contributed by atoms with van der Waals surface area (Å²) < 4.78 is 24.6. The number of nitrogens with zero attached hydrogens (tertiary/aromatic N) is 1. The molecule has 2 heterocycles. The zero-order valence-electron chi connectivity index (χ0n) is 17.4. The van der Waals surface area contributed by atoms with Crippen LogP contribution < -0.4 is 14.4 Å². The van der Waals surface area contributed by atoms with Crippen LogP contribution in [0, 0.1) is 5.82 Å². The Morgan fingerprint density at radius 1 is 1.16 bits per heavy atom. The molecule has 1 amide bonds. The van der Waals surface area contributed by atoms with Crippen molar-refractivity contribution in [2.75, 3.05) is 18.6 Å². The molecule has 2 aromatic carbocycles. The Morgan fingerprint density at radius 2 is 1.91 bits per heavy atom. The number of carbonyl (C=O) groups excluding carboxylic acids is 2. The zero-order valence-corrected chi connectivity index (χ0v) is 18.2. The van der Waals surface area contributed by atoms with Crippen molar-refractivity contribution < 1.29 is 28.6 Å². The highest BCUT2D eigenvalue weighted by molar-refractivity contribution is 7.10. The molecule has 1 saturated heterocycles. The van der Waals surface area contributed by atoms with Gasteiger partial charge in [-0.25, -0.2) is 4.39 Å². The molecule has 4 rings (SSSR count). The summed E-state index contributed by atoms with van der Waals surface area (Å²) in [6.07, 6.45) is 0. The van der Waals surface area contributed by atoms with Gasteiger partial charge in [0, 0.05) is 10.6 Å². The Bertz CT molecular complexity index is 1190. The lowest BCUT2D eigenvalue weighted by atomic mass is 9.99. The number of benzene rings is 2. The van der Waals surface area contributed by atoms with Crippen LogP contribution in [0.3, 0.4) is 0 Å². The minimum Gasteiger partial charge on any atom is -0.507 e. The summed E-state index contributed by atoms with van der Waals surface area (Å²) in [5.74, 6) is -1.94. The molecule has 3 aromatic rings. The predicted octanol–water partition coefficient (Wildman–Crippen LogP) is 4.92. The van der Waals surface area contributed by atoms with Crippen LogP contribution in [-0.4, -0.2) is 30.5 Å². The van der Waals surface area contributed by atoms with Crippen molar-refractivity contribution in [2.24, 2.45) is 0 Å². The maximum Gasteiger partial charge on any atom is 0.300 e. The fraction of sp³-hybridized carbons (Fsp3) is 0.167. The Kier molecular flexibility index (Phi) is 5.96. The number of rotatable bonds is 6. The summed E-state index contributed by atoms with van der Waals surface area (Å²) in [5.41, 5.74) is 0.341. The number of ketones is 1. The molecule has 32 heavy (non-hydrogen) atoms. The normalized spacial score (nSPS) is 17.6. The summed E-state index contributed by atoms with van der Waals surface area (Å²) >= 11 is 1.34. The van der Waals surface area contributed by atoms with Crippen molar-refractivity contribution in [1.82, 2.24) is 0 Å². The summed E-state index contributed by atoms with van der Waals surface area (Å²) in [5, 5.41) is 12.9. The van der Waals surface area contributed by atoms with E-state index in [9.17, 15) is 19.1 Å². The second-order valence-electron chi connectivity index (χ2n) is 6.96. The van der Waals surface area contributed by atoms with Crippen LogP contribution in [-0.2, 0) is 9.59 Å². The van der Waals surface area contributed by atoms with Gasteiger partial charge in [-0.15, -0.1) is 11.3 Å². The number of hydrogen-bond acceptors (Lipinski definition) is 6. The van der Waals surface area contributed by atoms with Gasteiger partial charge >= 0.3 is 0 Å². The molecular weight excluding hydrogens is 433 g/mol. The van der Waals surface area contributed by atoms with Gasteiger partial charge in [-0.3, -0.25) is 14.5 Å². The molecule has 6 nitrogen and oxygen atoms in total. The third kappa shape index (κ3) is 3.73. The summed E-state index contributed by atoms with van der Waals surface area (Å²) in [4.78, 5) is 28.2. The molecule has 1 aromatic heterocycles. The lowest BCUT2D eigenvalue weighted by Crippen LogP contribution is -2.29. The van der Waals surface area contributed by atoms with Gasteiger partial charge in [0.05, 0.1) is 24.9 Å². The van der Waals surface area contributed by atoms with Gasteiger partial charge in [0.1, 0.15) is 29.1 Å². The molecule has 0 saturated carbocycles. The second-order valence-corrected chi connectivity index (χ2v) is 7.94. The Labute approximate surface area is 188 Å². The highest BCUT2D eigenvalue weighted by atomic mass is 32.1. The summed E-state index contributed by atoms with van der Waals surface area (Å²) in [6.45, 7) is 2.36. The first-order valence-corrected chi connectivity index (χ1v) is 10.8. The van der Waals surface area contributed by atoms with Crippen molar-refractivity contribution in [3.8, 4) is 11.5 Å². The maximum absolute atomic E-state index is 14.0. The van der Waals surface area contributed by atoms with E-state index in [-0.39, 0.29) is 16.9 Å². The van der Waals surface area contributed by atoms with Crippen LogP contribution in [0.2, 0.25) is 0 Å². The number of carbonyl (C=O) groups is 2. The topological polar surface area (TPSA) is 76.1 Å². The fourth-order valence-electron chi connectivity index (χ4n) is 3.69. The van der Waals surface area contributed by atoms with Crippen molar-refractivity contribution in [3.05, 3.63) is 81.8 Å².